The lowest BCUT2D eigenvalue weighted by Gasteiger charge is -2.09. The van der Waals surface area contributed by atoms with Crippen molar-refractivity contribution in [2.24, 2.45) is 0 Å². The smallest absolute Gasteiger partial charge is 0.255 e. The number of amides is 1. The SMILES string of the molecule is Cc1cc(O)ccc1C(=O)Nc1cc(F)ccc1Cl. The first-order valence-electron chi connectivity index (χ1n) is 5.53. The Labute approximate surface area is 114 Å². The van der Waals surface area contributed by atoms with E-state index in [2.05, 4.69) is 5.32 Å². The van der Waals surface area contributed by atoms with Gasteiger partial charge in [-0.2, -0.15) is 0 Å². The number of carbonyl (C=O) groups excluding carboxylic acids is 1. The molecule has 0 atom stereocenters. The molecule has 19 heavy (non-hydrogen) atoms. The zero-order valence-corrected chi connectivity index (χ0v) is 10.8. The molecule has 3 nitrogen and oxygen atoms in total. The highest BCUT2D eigenvalue weighted by atomic mass is 35.5. The van der Waals surface area contributed by atoms with E-state index in [1.54, 1.807) is 6.92 Å². The van der Waals surface area contributed by atoms with Crippen molar-refractivity contribution >= 4 is 23.2 Å². The molecule has 0 heterocycles. The van der Waals surface area contributed by atoms with Gasteiger partial charge >= 0.3 is 0 Å². The third-order valence-corrected chi connectivity index (χ3v) is 2.96. The Morgan fingerprint density at radius 2 is 2.00 bits per heavy atom. The Kier molecular flexibility index (Phi) is 3.71. The molecule has 1 amide bonds. The maximum absolute atomic E-state index is 13.1. The predicted octanol–water partition coefficient (Wildman–Crippen LogP) is 3.75. The van der Waals surface area contributed by atoms with Crippen LogP contribution in [0.1, 0.15) is 15.9 Å². The van der Waals surface area contributed by atoms with Gasteiger partial charge in [-0.15, -0.1) is 0 Å². The van der Waals surface area contributed by atoms with Gasteiger partial charge < -0.3 is 10.4 Å². The summed E-state index contributed by atoms with van der Waals surface area (Å²) in [5, 5.41) is 12.1. The summed E-state index contributed by atoms with van der Waals surface area (Å²) in [7, 11) is 0. The molecule has 5 heteroatoms. The van der Waals surface area contributed by atoms with Gasteiger partial charge in [0, 0.05) is 5.56 Å². The summed E-state index contributed by atoms with van der Waals surface area (Å²) < 4.78 is 13.1. The Bertz CT molecular complexity index is 643. The standard InChI is InChI=1S/C14H11ClFNO2/c1-8-6-10(18)3-4-11(8)14(19)17-13-7-9(16)2-5-12(13)15/h2-7,18H,1H3,(H,17,19). The van der Waals surface area contributed by atoms with E-state index in [4.69, 9.17) is 11.6 Å². The molecule has 0 unspecified atom stereocenters. The van der Waals surface area contributed by atoms with Crippen molar-refractivity contribution < 1.29 is 14.3 Å². The summed E-state index contributed by atoms with van der Waals surface area (Å²) >= 11 is 5.87. The van der Waals surface area contributed by atoms with Crippen LogP contribution in [0.3, 0.4) is 0 Å². The molecule has 0 radical (unpaired) electrons. The summed E-state index contributed by atoms with van der Waals surface area (Å²) in [5.41, 5.74) is 1.21. The normalized spacial score (nSPS) is 10.3. The molecular weight excluding hydrogens is 269 g/mol. The zero-order valence-electron chi connectivity index (χ0n) is 10.1. The van der Waals surface area contributed by atoms with Gasteiger partial charge in [0.25, 0.3) is 5.91 Å². The van der Waals surface area contributed by atoms with E-state index in [1.807, 2.05) is 0 Å². The van der Waals surface area contributed by atoms with Crippen molar-refractivity contribution in [1.29, 1.82) is 0 Å². The number of phenolic OH excluding ortho intramolecular Hbond substituents is 1. The Morgan fingerprint density at radius 1 is 1.26 bits per heavy atom. The van der Waals surface area contributed by atoms with Crippen LogP contribution in [0.5, 0.6) is 5.75 Å². The molecule has 0 fully saturated rings. The fraction of sp³-hybridized carbons (Fsp3) is 0.0714. The highest BCUT2D eigenvalue weighted by molar-refractivity contribution is 6.33. The Balaban J connectivity index is 2.28. The Hall–Kier alpha value is -2.07. The monoisotopic (exact) mass is 279 g/mol. The predicted molar refractivity (Wildman–Crippen MR) is 72.2 cm³/mol. The number of hydrogen-bond acceptors (Lipinski definition) is 2. The number of nitrogens with one attached hydrogen (secondary N) is 1. The number of phenols is 1. The number of carbonyl (C=O) groups is 1. The molecule has 2 aromatic rings. The number of aryl methyl sites for hydroxylation is 1. The van der Waals surface area contributed by atoms with Crippen molar-refractivity contribution in [1.82, 2.24) is 0 Å². The van der Waals surface area contributed by atoms with Crippen molar-refractivity contribution in [3.05, 3.63) is 58.4 Å². The van der Waals surface area contributed by atoms with Crippen molar-refractivity contribution in [2.45, 2.75) is 6.92 Å². The van der Waals surface area contributed by atoms with Gasteiger partial charge in [-0.3, -0.25) is 4.79 Å². The van der Waals surface area contributed by atoms with Crippen LogP contribution in [0.25, 0.3) is 0 Å². The van der Waals surface area contributed by atoms with E-state index in [0.29, 0.717) is 11.1 Å². The van der Waals surface area contributed by atoms with Crippen LogP contribution in [0.4, 0.5) is 10.1 Å². The van der Waals surface area contributed by atoms with Crippen LogP contribution in [0.2, 0.25) is 5.02 Å². The molecule has 0 aliphatic heterocycles. The molecule has 98 valence electrons. The average molecular weight is 280 g/mol. The van der Waals surface area contributed by atoms with Gasteiger partial charge in [0.05, 0.1) is 10.7 Å². The summed E-state index contributed by atoms with van der Waals surface area (Å²) in [6.07, 6.45) is 0. The first kappa shape index (κ1) is 13.4. The van der Waals surface area contributed by atoms with Crippen molar-refractivity contribution in [2.75, 3.05) is 5.32 Å². The highest BCUT2D eigenvalue weighted by Gasteiger charge is 2.12. The van der Waals surface area contributed by atoms with E-state index < -0.39 is 11.7 Å². The molecule has 0 aromatic heterocycles. The lowest BCUT2D eigenvalue weighted by atomic mass is 10.1. The van der Waals surface area contributed by atoms with Crippen LogP contribution in [-0.4, -0.2) is 11.0 Å². The molecule has 0 bridgehead atoms. The molecule has 2 N–H and O–H groups in total. The van der Waals surface area contributed by atoms with Crippen LogP contribution in [0, 0.1) is 12.7 Å². The number of aromatic hydroxyl groups is 1. The summed E-state index contributed by atoms with van der Waals surface area (Å²) in [4.78, 5) is 12.0. The maximum atomic E-state index is 13.1. The number of rotatable bonds is 2. The minimum absolute atomic E-state index is 0.0813. The van der Waals surface area contributed by atoms with Gasteiger partial charge in [0.15, 0.2) is 0 Å². The molecule has 0 aliphatic rings. The minimum atomic E-state index is -0.484. The second kappa shape index (κ2) is 5.28. The Morgan fingerprint density at radius 3 is 2.68 bits per heavy atom. The first-order valence-corrected chi connectivity index (χ1v) is 5.91. The second-order valence-electron chi connectivity index (χ2n) is 4.08. The third-order valence-electron chi connectivity index (χ3n) is 2.63. The van der Waals surface area contributed by atoms with Crippen LogP contribution >= 0.6 is 11.6 Å². The second-order valence-corrected chi connectivity index (χ2v) is 4.48. The van der Waals surface area contributed by atoms with E-state index >= 15 is 0 Å². The van der Waals surface area contributed by atoms with E-state index in [1.165, 1.54) is 30.3 Å². The van der Waals surface area contributed by atoms with E-state index in [9.17, 15) is 14.3 Å². The molecule has 0 saturated heterocycles. The third kappa shape index (κ3) is 3.03. The molecule has 0 spiro atoms. The minimum Gasteiger partial charge on any atom is -0.508 e. The maximum Gasteiger partial charge on any atom is 0.255 e. The molecule has 0 aliphatic carbocycles. The van der Waals surface area contributed by atoms with Crippen LogP contribution in [-0.2, 0) is 0 Å². The molecular formula is C14H11ClFNO2. The average Bonchev–Trinajstić information content (AvgIpc) is 2.33. The first-order chi connectivity index (χ1) is 8.97. The molecule has 0 saturated carbocycles. The van der Waals surface area contributed by atoms with Gasteiger partial charge in [-0.25, -0.2) is 4.39 Å². The highest BCUT2D eigenvalue weighted by Crippen LogP contribution is 2.24. The zero-order chi connectivity index (χ0) is 14.0. The van der Waals surface area contributed by atoms with Crippen molar-refractivity contribution in [3.63, 3.8) is 0 Å². The fourth-order valence-electron chi connectivity index (χ4n) is 1.69. The molecule has 2 rings (SSSR count). The number of halogens is 2. The van der Waals surface area contributed by atoms with E-state index in [0.717, 1.165) is 6.07 Å². The topological polar surface area (TPSA) is 49.3 Å². The molecule has 2 aromatic carbocycles. The van der Waals surface area contributed by atoms with Gasteiger partial charge in [0.1, 0.15) is 11.6 Å². The summed E-state index contributed by atoms with van der Waals surface area (Å²) in [5.74, 6) is -0.815. The lowest BCUT2D eigenvalue weighted by Crippen LogP contribution is -2.13. The fourth-order valence-corrected chi connectivity index (χ4v) is 1.85. The lowest BCUT2D eigenvalue weighted by molar-refractivity contribution is 0.102. The summed E-state index contributed by atoms with van der Waals surface area (Å²) in [6, 6.07) is 8.11. The largest absolute Gasteiger partial charge is 0.508 e. The number of anilines is 1. The summed E-state index contributed by atoms with van der Waals surface area (Å²) in [6.45, 7) is 1.70. The van der Waals surface area contributed by atoms with Crippen LogP contribution < -0.4 is 5.32 Å². The van der Waals surface area contributed by atoms with Gasteiger partial charge in [-0.1, -0.05) is 11.6 Å². The number of benzene rings is 2. The quantitative estimate of drug-likeness (QED) is 0.880. The van der Waals surface area contributed by atoms with E-state index in [-0.39, 0.29) is 16.5 Å². The number of hydrogen-bond donors (Lipinski definition) is 2. The van der Waals surface area contributed by atoms with Crippen LogP contribution in [0.15, 0.2) is 36.4 Å². The van der Waals surface area contributed by atoms with Gasteiger partial charge in [-0.05, 0) is 48.9 Å². The van der Waals surface area contributed by atoms with Crippen molar-refractivity contribution in [3.8, 4) is 5.75 Å². The van der Waals surface area contributed by atoms with Gasteiger partial charge in [0.2, 0.25) is 0 Å².